The highest BCUT2D eigenvalue weighted by Crippen LogP contribution is 2.36. The minimum Gasteiger partial charge on any atom is -0.392 e. The third-order valence-electron chi connectivity index (χ3n) is 1.87. The standard InChI is InChI=1S/C10H11ClF3NO/c1-6(16)5-15-9-3-2-7(11)4-8(9)10(12,13)14/h2-4,6,15-16H,5H2,1H3/t6-/m0/s1. The molecule has 0 amide bonds. The number of alkyl halides is 3. The van der Waals surface area contributed by atoms with E-state index in [-0.39, 0.29) is 17.3 Å². The molecule has 0 saturated carbocycles. The monoisotopic (exact) mass is 253 g/mol. The van der Waals surface area contributed by atoms with Gasteiger partial charge in [0.15, 0.2) is 0 Å². The molecule has 0 radical (unpaired) electrons. The van der Waals surface area contributed by atoms with Crippen LogP contribution in [0.5, 0.6) is 0 Å². The van der Waals surface area contributed by atoms with Gasteiger partial charge in [0, 0.05) is 17.3 Å². The summed E-state index contributed by atoms with van der Waals surface area (Å²) in [5.41, 5.74) is -0.918. The van der Waals surface area contributed by atoms with Crippen molar-refractivity contribution in [3.63, 3.8) is 0 Å². The summed E-state index contributed by atoms with van der Waals surface area (Å²) in [7, 11) is 0. The van der Waals surface area contributed by atoms with Crippen LogP contribution in [-0.2, 0) is 6.18 Å². The Balaban J connectivity index is 2.99. The summed E-state index contributed by atoms with van der Waals surface area (Å²) in [6, 6.07) is 3.46. The Morgan fingerprint density at radius 1 is 1.44 bits per heavy atom. The van der Waals surface area contributed by atoms with Gasteiger partial charge < -0.3 is 10.4 Å². The summed E-state index contributed by atoms with van der Waals surface area (Å²) in [6.07, 6.45) is -5.19. The molecule has 6 heteroatoms. The van der Waals surface area contributed by atoms with Gasteiger partial charge in [-0.25, -0.2) is 0 Å². The van der Waals surface area contributed by atoms with E-state index in [0.717, 1.165) is 6.07 Å². The van der Waals surface area contributed by atoms with Gasteiger partial charge in [0.25, 0.3) is 0 Å². The molecule has 0 saturated heterocycles. The molecule has 1 aromatic rings. The summed E-state index contributed by atoms with van der Waals surface area (Å²) in [5.74, 6) is 0. The summed E-state index contributed by atoms with van der Waals surface area (Å²) in [6.45, 7) is 1.53. The molecule has 16 heavy (non-hydrogen) atoms. The lowest BCUT2D eigenvalue weighted by atomic mass is 10.1. The molecule has 0 spiro atoms. The fourth-order valence-corrected chi connectivity index (χ4v) is 1.33. The Morgan fingerprint density at radius 2 is 2.06 bits per heavy atom. The zero-order valence-corrected chi connectivity index (χ0v) is 9.23. The van der Waals surface area contributed by atoms with E-state index in [2.05, 4.69) is 5.32 Å². The zero-order valence-electron chi connectivity index (χ0n) is 8.48. The molecule has 2 N–H and O–H groups in total. The van der Waals surface area contributed by atoms with Gasteiger partial charge in [0.2, 0.25) is 0 Å². The van der Waals surface area contributed by atoms with Crippen molar-refractivity contribution < 1.29 is 18.3 Å². The summed E-state index contributed by atoms with van der Waals surface area (Å²) in [4.78, 5) is 0. The Labute approximate surface area is 96.0 Å². The van der Waals surface area contributed by atoms with Gasteiger partial charge in [-0.3, -0.25) is 0 Å². The van der Waals surface area contributed by atoms with Gasteiger partial charge in [-0.15, -0.1) is 0 Å². The van der Waals surface area contributed by atoms with E-state index >= 15 is 0 Å². The predicted molar refractivity (Wildman–Crippen MR) is 56.6 cm³/mol. The Bertz CT molecular complexity index is 366. The Kier molecular flexibility index (Phi) is 4.04. The number of rotatable bonds is 3. The van der Waals surface area contributed by atoms with Gasteiger partial charge in [0.05, 0.1) is 11.7 Å². The van der Waals surface area contributed by atoms with Gasteiger partial charge in [-0.2, -0.15) is 13.2 Å². The maximum absolute atomic E-state index is 12.6. The highest BCUT2D eigenvalue weighted by Gasteiger charge is 2.33. The first-order chi connectivity index (χ1) is 7.30. The fourth-order valence-electron chi connectivity index (χ4n) is 1.16. The number of aliphatic hydroxyl groups is 1. The Hall–Kier alpha value is -0.940. The van der Waals surface area contributed by atoms with Crippen LogP contribution in [0.2, 0.25) is 5.02 Å². The van der Waals surface area contributed by atoms with Crippen LogP contribution in [0.4, 0.5) is 18.9 Å². The third-order valence-corrected chi connectivity index (χ3v) is 2.11. The number of benzene rings is 1. The summed E-state index contributed by atoms with van der Waals surface area (Å²) in [5, 5.41) is 11.5. The Morgan fingerprint density at radius 3 is 2.56 bits per heavy atom. The molecule has 0 unspecified atom stereocenters. The number of aliphatic hydroxyl groups excluding tert-OH is 1. The molecule has 1 atom stereocenters. The summed E-state index contributed by atoms with van der Waals surface area (Å²) < 4.78 is 37.8. The van der Waals surface area contributed by atoms with Crippen molar-refractivity contribution in [2.75, 3.05) is 11.9 Å². The molecule has 0 heterocycles. The SMILES string of the molecule is C[C@H](O)CNc1ccc(Cl)cc1C(F)(F)F. The van der Waals surface area contributed by atoms with Crippen molar-refractivity contribution in [3.8, 4) is 0 Å². The number of hydrogen-bond acceptors (Lipinski definition) is 2. The first kappa shape index (κ1) is 13.1. The molecule has 0 aliphatic heterocycles. The van der Waals surface area contributed by atoms with Crippen LogP contribution in [0, 0.1) is 0 Å². The molecular weight excluding hydrogens is 243 g/mol. The van der Waals surface area contributed by atoms with Crippen molar-refractivity contribution in [1.82, 2.24) is 0 Å². The second-order valence-electron chi connectivity index (χ2n) is 3.42. The van der Waals surface area contributed by atoms with Crippen molar-refractivity contribution in [2.24, 2.45) is 0 Å². The largest absolute Gasteiger partial charge is 0.418 e. The number of nitrogens with one attached hydrogen (secondary N) is 1. The quantitative estimate of drug-likeness (QED) is 0.867. The van der Waals surface area contributed by atoms with Crippen LogP contribution < -0.4 is 5.32 Å². The average Bonchev–Trinajstić information content (AvgIpc) is 2.14. The van der Waals surface area contributed by atoms with Crippen molar-refractivity contribution >= 4 is 17.3 Å². The van der Waals surface area contributed by atoms with E-state index in [1.807, 2.05) is 0 Å². The molecular formula is C10H11ClF3NO. The number of hydrogen-bond donors (Lipinski definition) is 2. The average molecular weight is 254 g/mol. The van der Waals surface area contributed by atoms with E-state index in [4.69, 9.17) is 16.7 Å². The minimum atomic E-state index is -4.47. The third kappa shape index (κ3) is 3.57. The van der Waals surface area contributed by atoms with Crippen molar-refractivity contribution in [3.05, 3.63) is 28.8 Å². The zero-order chi connectivity index (χ0) is 12.3. The highest BCUT2D eigenvalue weighted by molar-refractivity contribution is 6.30. The normalized spacial score (nSPS) is 13.6. The highest BCUT2D eigenvalue weighted by atomic mass is 35.5. The van der Waals surface area contributed by atoms with Crippen molar-refractivity contribution in [2.45, 2.75) is 19.2 Å². The maximum atomic E-state index is 12.6. The fraction of sp³-hybridized carbons (Fsp3) is 0.400. The van der Waals surface area contributed by atoms with Gasteiger partial charge in [-0.05, 0) is 25.1 Å². The lowest BCUT2D eigenvalue weighted by Crippen LogP contribution is -2.18. The predicted octanol–water partition coefficient (Wildman–Crippen LogP) is 3.15. The number of anilines is 1. The first-order valence-electron chi connectivity index (χ1n) is 4.59. The van der Waals surface area contributed by atoms with E-state index in [1.165, 1.54) is 19.1 Å². The molecule has 1 rings (SSSR count). The summed E-state index contributed by atoms with van der Waals surface area (Å²) >= 11 is 5.51. The molecule has 1 aromatic carbocycles. The van der Waals surface area contributed by atoms with Crippen LogP contribution >= 0.6 is 11.6 Å². The van der Waals surface area contributed by atoms with E-state index in [1.54, 1.807) is 0 Å². The minimum absolute atomic E-state index is 0.0231. The molecule has 0 fully saturated rings. The van der Waals surface area contributed by atoms with Crippen LogP contribution in [0.3, 0.4) is 0 Å². The molecule has 0 bridgehead atoms. The van der Waals surface area contributed by atoms with E-state index in [9.17, 15) is 13.2 Å². The molecule has 0 aromatic heterocycles. The topological polar surface area (TPSA) is 32.3 Å². The molecule has 90 valence electrons. The molecule has 0 aliphatic rings. The van der Waals surface area contributed by atoms with Gasteiger partial charge >= 0.3 is 6.18 Å². The van der Waals surface area contributed by atoms with E-state index in [0.29, 0.717) is 0 Å². The lowest BCUT2D eigenvalue weighted by Gasteiger charge is -2.15. The molecule has 0 aliphatic carbocycles. The second-order valence-corrected chi connectivity index (χ2v) is 3.85. The van der Waals surface area contributed by atoms with Crippen LogP contribution in [0.25, 0.3) is 0 Å². The van der Waals surface area contributed by atoms with Crippen LogP contribution in [0.15, 0.2) is 18.2 Å². The van der Waals surface area contributed by atoms with Crippen LogP contribution in [-0.4, -0.2) is 17.8 Å². The second kappa shape index (κ2) is 4.93. The van der Waals surface area contributed by atoms with Crippen molar-refractivity contribution in [1.29, 1.82) is 0 Å². The first-order valence-corrected chi connectivity index (χ1v) is 4.97. The number of halogens is 4. The smallest absolute Gasteiger partial charge is 0.392 e. The van der Waals surface area contributed by atoms with E-state index < -0.39 is 17.8 Å². The van der Waals surface area contributed by atoms with Gasteiger partial charge in [0.1, 0.15) is 0 Å². The van der Waals surface area contributed by atoms with Gasteiger partial charge in [-0.1, -0.05) is 11.6 Å². The molecule has 2 nitrogen and oxygen atoms in total. The lowest BCUT2D eigenvalue weighted by molar-refractivity contribution is -0.137. The van der Waals surface area contributed by atoms with Crippen LogP contribution in [0.1, 0.15) is 12.5 Å². The maximum Gasteiger partial charge on any atom is 0.418 e.